The number of aromatic hydroxyl groups is 1. The fourth-order valence-electron chi connectivity index (χ4n) is 2.55. The van der Waals surface area contributed by atoms with Crippen molar-refractivity contribution in [2.45, 2.75) is 26.2 Å². The van der Waals surface area contributed by atoms with Gasteiger partial charge >= 0.3 is 0 Å². The molecule has 4 heteroatoms. The summed E-state index contributed by atoms with van der Waals surface area (Å²) in [6.07, 6.45) is 0. The van der Waals surface area contributed by atoms with Gasteiger partial charge in [0, 0.05) is 0 Å². The van der Waals surface area contributed by atoms with Gasteiger partial charge < -0.3 is 10.1 Å². The van der Waals surface area contributed by atoms with E-state index >= 15 is 0 Å². The molecule has 0 aliphatic carbocycles. The SMILES string of the molecule is CC(C)(C)c1cccc(-c2nc3ccc(C#N)cc3[nH]2)c1O. The van der Waals surface area contributed by atoms with Crippen LogP contribution in [0.1, 0.15) is 31.9 Å². The van der Waals surface area contributed by atoms with Gasteiger partial charge in [-0.25, -0.2) is 4.98 Å². The molecular weight excluding hydrogens is 274 g/mol. The number of benzene rings is 2. The molecule has 0 amide bonds. The Kier molecular flexibility index (Phi) is 3.14. The molecule has 0 spiro atoms. The monoisotopic (exact) mass is 291 g/mol. The summed E-state index contributed by atoms with van der Waals surface area (Å²) in [5, 5.41) is 19.6. The Morgan fingerprint density at radius 1 is 1.18 bits per heavy atom. The van der Waals surface area contributed by atoms with Gasteiger partial charge in [-0.3, -0.25) is 0 Å². The zero-order chi connectivity index (χ0) is 15.9. The molecule has 0 fully saturated rings. The number of nitrogens with one attached hydrogen (secondary N) is 1. The number of hydrogen-bond acceptors (Lipinski definition) is 3. The average molecular weight is 291 g/mol. The molecule has 0 atom stereocenters. The summed E-state index contributed by atoms with van der Waals surface area (Å²) < 4.78 is 0. The quantitative estimate of drug-likeness (QED) is 0.708. The molecule has 1 heterocycles. The van der Waals surface area contributed by atoms with E-state index in [1.807, 2.05) is 18.2 Å². The molecule has 22 heavy (non-hydrogen) atoms. The summed E-state index contributed by atoms with van der Waals surface area (Å²) in [7, 11) is 0. The normalized spacial score (nSPS) is 11.5. The Morgan fingerprint density at radius 3 is 2.64 bits per heavy atom. The summed E-state index contributed by atoms with van der Waals surface area (Å²) in [5.41, 5.74) is 3.53. The largest absolute Gasteiger partial charge is 0.507 e. The van der Waals surface area contributed by atoms with Crippen molar-refractivity contribution in [2.75, 3.05) is 0 Å². The Labute approximate surface area is 129 Å². The highest BCUT2D eigenvalue weighted by Crippen LogP contribution is 2.37. The molecule has 4 nitrogen and oxygen atoms in total. The zero-order valence-electron chi connectivity index (χ0n) is 12.8. The maximum absolute atomic E-state index is 10.6. The van der Waals surface area contributed by atoms with Crippen LogP contribution in [0, 0.1) is 11.3 Å². The second kappa shape index (κ2) is 4.88. The van der Waals surface area contributed by atoms with Crippen LogP contribution in [0.5, 0.6) is 5.75 Å². The summed E-state index contributed by atoms with van der Waals surface area (Å²) >= 11 is 0. The second-order valence-electron chi connectivity index (χ2n) is 6.38. The van der Waals surface area contributed by atoms with Crippen molar-refractivity contribution in [1.29, 1.82) is 5.26 Å². The predicted molar refractivity (Wildman–Crippen MR) is 86.6 cm³/mol. The highest BCUT2D eigenvalue weighted by atomic mass is 16.3. The lowest BCUT2D eigenvalue weighted by Gasteiger charge is -2.21. The van der Waals surface area contributed by atoms with Crippen LogP contribution in [0.2, 0.25) is 0 Å². The molecule has 0 unspecified atom stereocenters. The number of rotatable bonds is 1. The summed E-state index contributed by atoms with van der Waals surface area (Å²) in [6.45, 7) is 6.18. The van der Waals surface area contributed by atoms with Crippen LogP contribution in [0.15, 0.2) is 36.4 Å². The Morgan fingerprint density at radius 2 is 1.95 bits per heavy atom. The number of fused-ring (bicyclic) bond motifs is 1. The second-order valence-corrected chi connectivity index (χ2v) is 6.38. The molecule has 0 saturated heterocycles. The van der Waals surface area contributed by atoms with Gasteiger partial charge in [0.05, 0.1) is 28.2 Å². The molecule has 3 aromatic rings. The van der Waals surface area contributed by atoms with E-state index in [0.717, 1.165) is 16.6 Å². The van der Waals surface area contributed by atoms with E-state index in [1.54, 1.807) is 18.2 Å². The molecule has 0 aliphatic heterocycles. The molecule has 2 N–H and O–H groups in total. The molecule has 0 aliphatic rings. The van der Waals surface area contributed by atoms with E-state index < -0.39 is 0 Å². The van der Waals surface area contributed by atoms with Gasteiger partial charge in [0.25, 0.3) is 0 Å². The van der Waals surface area contributed by atoms with Gasteiger partial charge in [-0.05, 0) is 35.2 Å². The number of nitrogens with zero attached hydrogens (tertiary/aromatic N) is 2. The van der Waals surface area contributed by atoms with Crippen LogP contribution in [-0.4, -0.2) is 15.1 Å². The van der Waals surface area contributed by atoms with E-state index in [9.17, 15) is 5.11 Å². The van der Waals surface area contributed by atoms with Crippen molar-refractivity contribution in [2.24, 2.45) is 0 Å². The minimum absolute atomic E-state index is 0.153. The number of phenols is 1. The van der Waals surface area contributed by atoms with Crippen molar-refractivity contribution >= 4 is 11.0 Å². The zero-order valence-corrected chi connectivity index (χ0v) is 12.8. The van der Waals surface area contributed by atoms with Crippen LogP contribution < -0.4 is 0 Å². The van der Waals surface area contributed by atoms with Gasteiger partial charge in [0.1, 0.15) is 11.6 Å². The summed E-state index contributed by atoms with van der Waals surface area (Å²) in [4.78, 5) is 7.70. The van der Waals surface area contributed by atoms with Crippen molar-refractivity contribution in [1.82, 2.24) is 9.97 Å². The van der Waals surface area contributed by atoms with Crippen LogP contribution >= 0.6 is 0 Å². The summed E-state index contributed by atoms with van der Waals surface area (Å²) in [5.74, 6) is 0.850. The number of hydrogen-bond donors (Lipinski definition) is 2. The molecule has 2 aromatic carbocycles. The first-order valence-corrected chi connectivity index (χ1v) is 7.13. The average Bonchev–Trinajstić information content (AvgIpc) is 2.88. The Bertz CT molecular complexity index is 895. The van der Waals surface area contributed by atoms with Gasteiger partial charge in [0.2, 0.25) is 0 Å². The fraction of sp³-hybridized carbons (Fsp3) is 0.222. The number of nitriles is 1. The smallest absolute Gasteiger partial charge is 0.142 e. The van der Waals surface area contributed by atoms with E-state index in [0.29, 0.717) is 17.0 Å². The third-order valence-electron chi connectivity index (χ3n) is 3.71. The van der Waals surface area contributed by atoms with E-state index in [4.69, 9.17) is 5.26 Å². The predicted octanol–water partition coefficient (Wildman–Crippen LogP) is 4.10. The highest BCUT2D eigenvalue weighted by Gasteiger charge is 2.21. The number of para-hydroxylation sites is 1. The van der Waals surface area contributed by atoms with Gasteiger partial charge in [0.15, 0.2) is 0 Å². The van der Waals surface area contributed by atoms with Crippen LogP contribution in [0.4, 0.5) is 0 Å². The fourth-order valence-corrected chi connectivity index (χ4v) is 2.55. The van der Waals surface area contributed by atoms with Crippen LogP contribution in [0.25, 0.3) is 22.4 Å². The van der Waals surface area contributed by atoms with Crippen LogP contribution in [0.3, 0.4) is 0 Å². The molecule has 0 radical (unpaired) electrons. The lowest BCUT2D eigenvalue weighted by atomic mass is 9.85. The maximum atomic E-state index is 10.6. The van der Waals surface area contributed by atoms with Crippen molar-refractivity contribution in [3.63, 3.8) is 0 Å². The summed E-state index contributed by atoms with van der Waals surface area (Å²) in [6, 6.07) is 13.1. The topological polar surface area (TPSA) is 72.7 Å². The van der Waals surface area contributed by atoms with E-state index in [1.165, 1.54) is 0 Å². The van der Waals surface area contributed by atoms with Gasteiger partial charge in [-0.2, -0.15) is 5.26 Å². The maximum Gasteiger partial charge on any atom is 0.142 e. The molecule has 0 bridgehead atoms. The minimum atomic E-state index is -0.153. The molecular formula is C18H17N3O. The third kappa shape index (κ3) is 2.31. The molecule has 0 saturated carbocycles. The first-order chi connectivity index (χ1) is 10.4. The molecule has 110 valence electrons. The van der Waals surface area contributed by atoms with Crippen molar-refractivity contribution in [3.05, 3.63) is 47.5 Å². The number of imidazole rings is 1. The number of phenolic OH excluding ortho intramolecular Hbond substituents is 1. The third-order valence-corrected chi connectivity index (χ3v) is 3.71. The standard InChI is InChI=1S/C18H17N3O/c1-18(2,3)13-6-4-5-12(16(13)22)17-20-14-8-7-11(10-19)9-15(14)21-17/h4-9,22H,1-3H3,(H,20,21). The molecule has 1 aromatic heterocycles. The van der Waals surface area contributed by atoms with Crippen molar-refractivity contribution in [3.8, 4) is 23.2 Å². The Hall–Kier alpha value is -2.80. The minimum Gasteiger partial charge on any atom is -0.507 e. The Balaban J connectivity index is 2.18. The van der Waals surface area contributed by atoms with Gasteiger partial charge in [-0.1, -0.05) is 32.9 Å². The first kappa shape index (κ1) is 14.2. The van der Waals surface area contributed by atoms with E-state index in [2.05, 4.69) is 36.8 Å². The first-order valence-electron chi connectivity index (χ1n) is 7.13. The number of H-pyrrole nitrogens is 1. The lowest BCUT2D eigenvalue weighted by Crippen LogP contribution is -2.11. The number of aromatic amines is 1. The number of aromatic nitrogens is 2. The van der Waals surface area contributed by atoms with Crippen LogP contribution in [-0.2, 0) is 5.41 Å². The lowest BCUT2D eigenvalue weighted by molar-refractivity contribution is 0.448. The van der Waals surface area contributed by atoms with E-state index in [-0.39, 0.29) is 11.2 Å². The highest BCUT2D eigenvalue weighted by molar-refractivity contribution is 5.82. The van der Waals surface area contributed by atoms with Crippen molar-refractivity contribution < 1.29 is 5.11 Å². The van der Waals surface area contributed by atoms with Gasteiger partial charge in [-0.15, -0.1) is 0 Å². The molecule has 3 rings (SSSR count).